The van der Waals surface area contributed by atoms with E-state index in [9.17, 15) is 13.2 Å². The molecule has 0 bridgehead atoms. The van der Waals surface area contributed by atoms with Gasteiger partial charge in [-0.25, -0.2) is 13.6 Å². The molecule has 2 rings (SSSR count). The third-order valence-electron chi connectivity index (χ3n) is 2.61. The topological polar surface area (TPSA) is 131 Å². The zero-order chi connectivity index (χ0) is 15.8. The molecular weight excluding hydrogens is 341 g/mol. The van der Waals surface area contributed by atoms with Crippen molar-refractivity contribution in [2.45, 2.75) is 11.8 Å². The number of carbonyl (C=O) groups excluding carboxylic acids is 1. The fraction of sp³-hybridized carbons (Fsp3) is 0.100. The summed E-state index contributed by atoms with van der Waals surface area (Å²) in [6.45, 7) is 1.45. The number of aromatic amines is 1. The van der Waals surface area contributed by atoms with Crippen LogP contribution in [0.2, 0.25) is 10.0 Å². The summed E-state index contributed by atoms with van der Waals surface area (Å²) in [5.41, 5.74) is 0.269. The maximum atomic E-state index is 11.9. The molecule has 0 atom stereocenters. The quantitative estimate of drug-likeness (QED) is 0.768. The van der Waals surface area contributed by atoms with E-state index in [0.29, 0.717) is 0 Å². The van der Waals surface area contributed by atoms with Gasteiger partial charge in [0.05, 0.1) is 26.8 Å². The van der Waals surface area contributed by atoms with Gasteiger partial charge in [-0.1, -0.05) is 23.2 Å². The van der Waals surface area contributed by atoms with Crippen molar-refractivity contribution in [3.05, 3.63) is 33.6 Å². The molecule has 0 radical (unpaired) electrons. The highest BCUT2D eigenvalue weighted by Crippen LogP contribution is 2.37. The summed E-state index contributed by atoms with van der Waals surface area (Å²) in [5, 5.41) is 16.8. The summed E-state index contributed by atoms with van der Waals surface area (Å²) in [6, 6.07) is 1.12. The van der Waals surface area contributed by atoms with Gasteiger partial charge in [0.25, 0.3) is 5.91 Å². The molecule has 1 heterocycles. The van der Waals surface area contributed by atoms with E-state index in [0.717, 1.165) is 6.07 Å². The molecule has 0 unspecified atom stereocenters. The molecular formula is C10H9Cl2N5O3S. The van der Waals surface area contributed by atoms with E-state index in [4.69, 9.17) is 28.3 Å². The number of nitrogens with zero attached hydrogens (tertiary/aromatic N) is 2. The highest BCUT2D eigenvalue weighted by molar-refractivity contribution is 7.89. The second-order valence-electron chi connectivity index (χ2n) is 4.02. The Balaban J connectivity index is 2.47. The molecule has 21 heavy (non-hydrogen) atoms. The Morgan fingerprint density at radius 2 is 2.10 bits per heavy atom. The van der Waals surface area contributed by atoms with E-state index >= 15 is 0 Å². The van der Waals surface area contributed by atoms with Gasteiger partial charge in [0.2, 0.25) is 10.0 Å². The predicted molar refractivity (Wildman–Crippen MR) is 76.9 cm³/mol. The van der Waals surface area contributed by atoms with Crippen LogP contribution in [0.5, 0.6) is 0 Å². The van der Waals surface area contributed by atoms with Crippen LogP contribution in [0, 0.1) is 6.92 Å². The number of amides is 1. The van der Waals surface area contributed by atoms with Crippen molar-refractivity contribution in [3.63, 3.8) is 0 Å². The molecule has 0 spiro atoms. The van der Waals surface area contributed by atoms with Crippen LogP contribution >= 0.6 is 23.2 Å². The lowest BCUT2D eigenvalue weighted by atomic mass is 10.2. The first-order valence-electron chi connectivity index (χ1n) is 5.40. The Morgan fingerprint density at radius 1 is 1.43 bits per heavy atom. The molecule has 1 aromatic heterocycles. The van der Waals surface area contributed by atoms with E-state index in [1.165, 1.54) is 13.1 Å². The standard InChI is InChI=1S/C10H9Cl2N5O3S/c1-4-7(21(13,19)20)2-5(11)9(8(4)12)15-10(18)6-3-14-17-16-6/h2-3H,1H3,(H,15,18)(H2,13,19,20)(H,14,16,17). The average molecular weight is 350 g/mol. The van der Waals surface area contributed by atoms with Crippen molar-refractivity contribution in [1.29, 1.82) is 0 Å². The van der Waals surface area contributed by atoms with Crippen LogP contribution < -0.4 is 10.5 Å². The van der Waals surface area contributed by atoms with Crippen LogP contribution in [0.1, 0.15) is 16.1 Å². The fourth-order valence-electron chi connectivity index (χ4n) is 1.59. The molecule has 2 aromatic rings. The Bertz CT molecular complexity index is 805. The minimum atomic E-state index is -3.98. The van der Waals surface area contributed by atoms with E-state index in [1.807, 2.05) is 0 Å². The first-order chi connectivity index (χ1) is 9.71. The Hall–Kier alpha value is -1.68. The molecule has 1 amide bonds. The number of hydrogen-bond donors (Lipinski definition) is 3. The maximum absolute atomic E-state index is 11.9. The molecule has 112 valence electrons. The van der Waals surface area contributed by atoms with Gasteiger partial charge in [-0.15, -0.1) is 0 Å². The molecule has 8 nitrogen and oxygen atoms in total. The van der Waals surface area contributed by atoms with Crippen LogP contribution in [0.15, 0.2) is 17.2 Å². The Kier molecular flexibility index (Phi) is 4.19. The third kappa shape index (κ3) is 3.16. The summed E-state index contributed by atoms with van der Waals surface area (Å²) in [5.74, 6) is -0.602. The van der Waals surface area contributed by atoms with Crippen LogP contribution in [0.25, 0.3) is 0 Å². The van der Waals surface area contributed by atoms with Gasteiger partial charge < -0.3 is 5.32 Å². The molecule has 0 saturated carbocycles. The molecule has 4 N–H and O–H groups in total. The molecule has 11 heteroatoms. The molecule has 0 aliphatic carbocycles. The Morgan fingerprint density at radius 3 is 2.62 bits per heavy atom. The van der Waals surface area contributed by atoms with E-state index in [1.54, 1.807) is 0 Å². The highest BCUT2D eigenvalue weighted by Gasteiger charge is 2.21. The van der Waals surface area contributed by atoms with Gasteiger partial charge in [-0.2, -0.15) is 15.4 Å². The number of H-pyrrole nitrogens is 1. The summed E-state index contributed by atoms with van der Waals surface area (Å²) < 4.78 is 22.9. The number of rotatable bonds is 3. The smallest absolute Gasteiger partial charge is 0.277 e. The van der Waals surface area contributed by atoms with E-state index in [-0.39, 0.29) is 31.9 Å². The average Bonchev–Trinajstić information content (AvgIpc) is 2.91. The number of anilines is 1. The molecule has 1 aromatic carbocycles. The van der Waals surface area contributed by atoms with Crippen molar-refractivity contribution in [1.82, 2.24) is 15.4 Å². The van der Waals surface area contributed by atoms with E-state index in [2.05, 4.69) is 20.7 Å². The van der Waals surface area contributed by atoms with E-state index < -0.39 is 15.9 Å². The number of halogens is 2. The Labute approximate surface area is 129 Å². The first kappa shape index (κ1) is 15.7. The minimum absolute atomic E-state index is 0.0234. The van der Waals surface area contributed by atoms with Crippen LogP contribution in [-0.4, -0.2) is 29.7 Å². The molecule has 0 saturated heterocycles. The lowest BCUT2D eigenvalue weighted by Crippen LogP contribution is -2.16. The molecule has 0 fully saturated rings. The van der Waals surface area contributed by atoms with Gasteiger partial charge in [0.1, 0.15) is 0 Å². The van der Waals surface area contributed by atoms with Crippen LogP contribution in [-0.2, 0) is 10.0 Å². The van der Waals surface area contributed by atoms with Gasteiger partial charge in [0, 0.05) is 0 Å². The zero-order valence-corrected chi connectivity index (χ0v) is 12.8. The normalized spacial score (nSPS) is 11.4. The van der Waals surface area contributed by atoms with Crippen molar-refractivity contribution >= 4 is 44.8 Å². The summed E-state index contributed by atoms with van der Waals surface area (Å²) in [6.07, 6.45) is 1.21. The second kappa shape index (κ2) is 5.60. The van der Waals surface area contributed by atoms with Crippen molar-refractivity contribution in [2.75, 3.05) is 5.32 Å². The largest absolute Gasteiger partial charge is 0.318 e. The second-order valence-corrected chi connectivity index (χ2v) is 6.34. The zero-order valence-electron chi connectivity index (χ0n) is 10.5. The number of nitrogens with two attached hydrogens (primary N) is 1. The van der Waals surface area contributed by atoms with Gasteiger partial charge >= 0.3 is 0 Å². The number of aromatic nitrogens is 3. The van der Waals surface area contributed by atoms with Crippen molar-refractivity contribution < 1.29 is 13.2 Å². The molecule has 0 aliphatic rings. The van der Waals surface area contributed by atoms with Gasteiger partial charge in [-0.3, -0.25) is 4.79 Å². The van der Waals surface area contributed by atoms with Crippen molar-refractivity contribution in [2.24, 2.45) is 5.14 Å². The predicted octanol–water partition coefficient (Wildman–Crippen LogP) is 1.32. The summed E-state index contributed by atoms with van der Waals surface area (Å²) in [7, 11) is -3.98. The van der Waals surface area contributed by atoms with Crippen LogP contribution in [0.3, 0.4) is 0 Å². The molecule has 0 aliphatic heterocycles. The summed E-state index contributed by atoms with van der Waals surface area (Å²) in [4.78, 5) is 11.7. The third-order valence-corrected chi connectivity index (χ3v) is 4.42. The number of carbonyl (C=O) groups is 1. The monoisotopic (exact) mass is 349 g/mol. The SMILES string of the molecule is Cc1c(S(N)(=O)=O)cc(Cl)c(NC(=O)c2cn[nH]n2)c1Cl. The number of primary sulfonamides is 1. The van der Waals surface area contributed by atoms with Crippen molar-refractivity contribution in [3.8, 4) is 0 Å². The summed E-state index contributed by atoms with van der Waals surface area (Å²) >= 11 is 12.0. The lowest BCUT2D eigenvalue weighted by molar-refractivity contribution is 0.102. The minimum Gasteiger partial charge on any atom is -0.318 e. The lowest BCUT2D eigenvalue weighted by Gasteiger charge is -2.13. The van der Waals surface area contributed by atoms with Gasteiger partial charge in [-0.05, 0) is 18.6 Å². The number of hydrogen-bond acceptors (Lipinski definition) is 5. The number of nitrogens with one attached hydrogen (secondary N) is 2. The van der Waals surface area contributed by atoms with Gasteiger partial charge in [0.15, 0.2) is 5.69 Å². The number of benzene rings is 1. The van der Waals surface area contributed by atoms with Crippen LogP contribution in [0.4, 0.5) is 5.69 Å². The maximum Gasteiger partial charge on any atom is 0.277 e. The number of sulfonamides is 1. The highest BCUT2D eigenvalue weighted by atomic mass is 35.5. The fourth-order valence-corrected chi connectivity index (χ4v) is 3.08. The first-order valence-corrected chi connectivity index (χ1v) is 7.70.